The van der Waals surface area contributed by atoms with Gasteiger partial charge in [-0.2, -0.15) is 0 Å². The highest BCUT2D eigenvalue weighted by atomic mass is 16.6. The molecule has 0 bridgehead atoms. The molecule has 15 heteroatoms. The zero-order chi connectivity index (χ0) is 40.5. The van der Waals surface area contributed by atoms with Crippen LogP contribution in [-0.2, 0) is 32.2 Å². The van der Waals surface area contributed by atoms with Crippen molar-refractivity contribution < 1.29 is 28.7 Å². The molecule has 0 saturated carbocycles. The number of nitrogens with one attached hydrogen (secondary N) is 3. The molecule has 5 heterocycles. The molecule has 2 fully saturated rings. The number of aromatic amines is 2. The number of likely N-dealkylation sites (tertiary alicyclic amines) is 2. The molecule has 2 aromatic heterocycles. The summed E-state index contributed by atoms with van der Waals surface area (Å²) in [6.07, 6.45) is 4.31. The van der Waals surface area contributed by atoms with Gasteiger partial charge in [-0.05, 0) is 90.1 Å². The lowest BCUT2D eigenvalue weighted by Crippen LogP contribution is -2.51. The maximum atomic E-state index is 13.7. The van der Waals surface area contributed by atoms with Crippen molar-refractivity contribution >= 4 is 24.0 Å². The van der Waals surface area contributed by atoms with E-state index in [9.17, 15) is 19.2 Å². The highest BCUT2D eigenvalue weighted by Crippen LogP contribution is 2.39. The molecule has 2 saturated heterocycles. The molecule has 0 radical (unpaired) electrons. The van der Waals surface area contributed by atoms with E-state index in [-0.39, 0.29) is 35.7 Å². The Hall–Kier alpha value is -5.70. The Morgan fingerprint density at radius 3 is 1.75 bits per heavy atom. The minimum Gasteiger partial charge on any atom is -0.453 e. The highest BCUT2D eigenvalue weighted by molar-refractivity contribution is 5.87. The van der Waals surface area contributed by atoms with Crippen LogP contribution in [0.4, 0.5) is 9.59 Å². The van der Waals surface area contributed by atoms with Gasteiger partial charge < -0.3 is 40.3 Å². The van der Waals surface area contributed by atoms with Crippen LogP contribution in [0.2, 0.25) is 0 Å². The van der Waals surface area contributed by atoms with Crippen molar-refractivity contribution in [2.75, 3.05) is 27.2 Å². The Morgan fingerprint density at radius 1 is 0.789 bits per heavy atom. The number of aromatic nitrogens is 4. The summed E-state index contributed by atoms with van der Waals surface area (Å²) in [5.74, 6) is 0.700. The van der Waals surface area contributed by atoms with Crippen molar-refractivity contribution in [2.24, 2.45) is 17.6 Å². The largest absolute Gasteiger partial charge is 0.453 e. The van der Waals surface area contributed by atoms with Gasteiger partial charge in [0.1, 0.15) is 17.7 Å². The molecule has 0 unspecified atom stereocenters. The van der Waals surface area contributed by atoms with Crippen molar-refractivity contribution in [3.05, 3.63) is 71.6 Å². The van der Waals surface area contributed by atoms with E-state index in [1.54, 1.807) is 4.90 Å². The Kier molecular flexibility index (Phi) is 11.4. The van der Waals surface area contributed by atoms with Crippen molar-refractivity contribution in [3.8, 4) is 33.6 Å². The van der Waals surface area contributed by atoms with Gasteiger partial charge >= 0.3 is 12.2 Å². The average Bonchev–Trinajstić information content (AvgIpc) is 4.01. The van der Waals surface area contributed by atoms with E-state index < -0.39 is 24.3 Å². The topological polar surface area (TPSA) is 192 Å². The molecule has 4 aromatic rings. The normalized spacial score (nSPS) is 19.2. The summed E-state index contributed by atoms with van der Waals surface area (Å²) in [4.78, 5) is 73.0. The van der Waals surface area contributed by atoms with E-state index in [1.165, 1.54) is 18.2 Å². The summed E-state index contributed by atoms with van der Waals surface area (Å²) >= 11 is 0. The lowest BCUT2D eigenvalue weighted by Gasteiger charge is -2.30. The number of nitrogens with two attached hydrogens (primary N) is 1. The summed E-state index contributed by atoms with van der Waals surface area (Å²) in [7, 11) is 3.41. The van der Waals surface area contributed by atoms with Gasteiger partial charge in [0.15, 0.2) is 6.10 Å². The van der Waals surface area contributed by atoms with Crippen LogP contribution >= 0.6 is 0 Å². The number of fused-ring (bicyclic) bond motifs is 3. The van der Waals surface area contributed by atoms with Crippen LogP contribution in [0.15, 0.2) is 48.8 Å². The summed E-state index contributed by atoms with van der Waals surface area (Å²) in [6, 6.07) is 11.8. The number of nitrogens with zero attached hydrogens (tertiary/aromatic N) is 5. The van der Waals surface area contributed by atoms with Crippen LogP contribution in [0.1, 0.15) is 88.2 Å². The zero-order valence-electron chi connectivity index (χ0n) is 33.5. The number of hydrogen-bond acceptors (Lipinski definition) is 9. The molecule has 4 amide bonds. The Labute approximate surface area is 332 Å². The van der Waals surface area contributed by atoms with Crippen LogP contribution in [0.25, 0.3) is 33.6 Å². The monoisotopic (exact) mass is 779 g/mol. The number of ether oxygens (including phenoxy) is 2. The van der Waals surface area contributed by atoms with E-state index in [0.29, 0.717) is 18.9 Å². The second-order valence-electron chi connectivity index (χ2n) is 16.1. The average molecular weight is 780 g/mol. The van der Waals surface area contributed by atoms with Crippen LogP contribution in [0.3, 0.4) is 0 Å². The van der Waals surface area contributed by atoms with Crippen LogP contribution in [0.5, 0.6) is 0 Å². The van der Waals surface area contributed by atoms with Crippen molar-refractivity contribution in [2.45, 2.75) is 90.7 Å². The number of primary amides is 1. The number of H-pyrrole nitrogens is 2. The van der Waals surface area contributed by atoms with Gasteiger partial charge in [-0.15, -0.1) is 0 Å². The first-order valence-corrected chi connectivity index (χ1v) is 19.8. The number of amides is 4. The number of alkyl carbamates (subject to hydrolysis) is 1. The first-order valence-electron chi connectivity index (χ1n) is 19.8. The molecule has 3 aliphatic rings. The molecule has 5 N–H and O–H groups in total. The molecule has 15 nitrogen and oxygen atoms in total. The maximum absolute atomic E-state index is 13.7. The summed E-state index contributed by atoms with van der Waals surface area (Å²) in [5, 5.41) is 2.71. The van der Waals surface area contributed by atoms with Crippen LogP contribution < -0.4 is 11.1 Å². The summed E-state index contributed by atoms with van der Waals surface area (Å²) < 4.78 is 9.99. The van der Waals surface area contributed by atoms with Crippen molar-refractivity contribution in [3.63, 3.8) is 0 Å². The van der Waals surface area contributed by atoms with Gasteiger partial charge in [0.2, 0.25) is 5.91 Å². The molecule has 57 heavy (non-hydrogen) atoms. The van der Waals surface area contributed by atoms with Crippen molar-refractivity contribution in [1.29, 1.82) is 0 Å². The molecule has 3 aliphatic heterocycles. The Bertz CT molecular complexity index is 2140. The number of carbonyl (C=O) groups is 4. The standard InChI is InChI=1S/C42H53N9O6/c1-23(2)35(48-42(55)56-6)39(52)50-15-7-9-33(50)37-44-19-31(46-37)25-11-13-29-27(17-25)21-49(5)22-28-18-26(12-14-30(28)29)32-20-45-38(47-32)34-10-8-16-51(34)40(53)36(24(3)4)57-41(43)54/h11-14,17-20,23-24,33-36H,7-10,15-16,21-22H2,1-6H3,(H2,43,54)(H,44,46)(H,45,47)(H,48,55)/t33-,34-,35-,36-/m0/s1. The number of rotatable bonds is 10. The lowest BCUT2D eigenvalue weighted by atomic mass is 9.93. The molecule has 0 spiro atoms. The second-order valence-corrected chi connectivity index (χ2v) is 16.1. The lowest BCUT2D eigenvalue weighted by molar-refractivity contribution is -0.143. The van der Waals surface area contributed by atoms with E-state index in [0.717, 1.165) is 78.2 Å². The number of benzene rings is 2. The first-order chi connectivity index (χ1) is 27.3. The van der Waals surface area contributed by atoms with E-state index >= 15 is 0 Å². The Balaban J connectivity index is 1.10. The quantitative estimate of drug-likeness (QED) is 0.152. The summed E-state index contributed by atoms with van der Waals surface area (Å²) in [5.41, 5.74) is 13.7. The van der Waals surface area contributed by atoms with Gasteiger partial charge in [0, 0.05) is 26.2 Å². The molecule has 302 valence electrons. The summed E-state index contributed by atoms with van der Waals surface area (Å²) in [6.45, 7) is 10.1. The van der Waals surface area contributed by atoms with Crippen LogP contribution in [-0.4, -0.2) is 98.0 Å². The third-order valence-corrected chi connectivity index (χ3v) is 11.4. The highest BCUT2D eigenvalue weighted by Gasteiger charge is 2.39. The number of carbonyl (C=O) groups excluding carboxylic acids is 4. The predicted octanol–water partition coefficient (Wildman–Crippen LogP) is 5.91. The fraction of sp³-hybridized carbons (Fsp3) is 0.476. The second kappa shape index (κ2) is 16.4. The van der Waals surface area contributed by atoms with Gasteiger partial charge in [-0.25, -0.2) is 19.6 Å². The SMILES string of the molecule is COC(=O)N[C@H](C(=O)N1CCC[C@H]1c1ncc(-c2ccc3c(c2)CN(C)Cc2cc(-c4cnc([C@@H]5CCCN5C(=O)[C@@H](OC(N)=O)C(C)C)[nH]4)ccc2-3)[nH]1)C(C)C. The fourth-order valence-corrected chi connectivity index (χ4v) is 8.52. The minimum absolute atomic E-state index is 0.111. The number of hydrogen-bond donors (Lipinski definition) is 4. The molecule has 4 atom stereocenters. The minimum atomic E-state index is -0.961. The van der Waals surface area contributed by atoms with Gasteiger partial charge in [-0.1, -0.05) is 52.0 Å². The van der Waals surface area contributed by atoms with Crippen LogP contribution in [0, 0.1) is 11.8 Å². The maximum Gasteiger partial charge on any atom is 0.407 e. The third kappa shape index (κ3) is 8.11. The molecular formula is C42H53N9O6. The molecule has 0 aliphatic carbocycles. The fourth-order valence-electron chi connectivity index (χ4n) is 8.52. The van der Waals surface area contributed by atoms with Gasteiger partial charge in [0.25, 0.3) is 5.91 Å². The van der Waals surface area contributed by atoms with Gasteiger partial charge in [0.05, 0.1) is 43.0 Å². The Morgan fingerprint density at radius 2 is 1.30 bits per heavy atom. The zero-order valence-corrected chi connectivity index (χ0v) is 33.5. The van der Waals surface area contributed by atoms with Gasteiger partial charge in [-0.3, -0.25) is 14.5 Å². The first kappa shape index (κ1) is 39.5. The molecular weight excluding hydrogens is 727 g/mol. The third-order valence-electron chi connectivity index (χ3n) is 11.4. The van der Waals surface area contributed by atoms with E-state index in [2.05, 4.69) is 63.6 Å². The molecule has 7 rings (SSSR count). The van der Waals surface area contributed by atoms with E-state index in [1.807, 2.05) is 45.0 Å². The smallest absolute Gasteiger partial charge is 0.407 e. The number of imidazole rings is 2. The predicted molar refractivity (Wildman–Crippen MR) is 213 cm³/mol. The molecule has 2 aromatic carbocycles. The van der Waals surface area contributed by atoms with E-state index in [4.69, 9.17) is 25.2 Å². The number of methoxy groups -OCH3 is 1. The van der Waals surface area contributed by atoms with Crippen molar-refractivity contribution in [1.82, 2.24) is 40.0 Å².